The van der Waals surface area contributed by atoms with Crippen LogP contribution in [0.2, 0.25) is 0 Å². The third kappa shape index (κ3) is 4.04. The van der Waals surface area contributed by atoms with Crippen LogP contribution in [0.1, 0.15) is 37.7 Å². The third-order valence-corrected chi connectivity index (χ3v) is 4.49. The van der Waals surface area contributed by atoms with Crippen molar-refractivity contribution in [2.75, 3.05) is 0 Å². The van der Waals surface area contributed by atoms with Gasteiger partial charge >= 0.3 is 0 Å². The van der Waals surface area contributed by atoms with E-state index in [4.69, 9.17) is 0 Å². The zero-order valence-corrected chi connectivity index (χ0v) is 15.8. The molecular formula is C21H21BrN2. The highest BCUT2D eigenvalue weighted by molar-refractivity contribution is 9.10. The molecule has 0 bridgehead atoms. The SMILES string of the molecule is CC(C)(C)c1ccc(-c2cnc(/C=C/c3ccc(Br)cc3)[nH]2)cc1. The highest BCUT2D eigenvalue weighted by Crippen LogP contribution is 2.25. The summed E-state index contributed by atoms with van der Waals surface area (Å²) in [7, 11) is 0. The number of hydrogen-bond donors (Lipinski definition) is 1. The van der Waals surface area contributed by atoms with Crippen LogP contribution in [0.15, 0.2) is 59.2 Å². The van der Waals surface area contributed by atoms with Gasteiger partial charge in [-0.1, -0.05) is 79.2 Å². The molecule has 0 saturated carbocycles. The lowest BCUT2D eigenvalue weighted by atomic mass is 9.86. The Morgan fingerprint density at radius 1 is 0.917 bits per heavy atom. The van der Waals surface area contributed by atoms with Crippen molar-refractivity contribution in [3.8, 4) is 11.3 Å². The molecule has 3 rings (SSSR count). The van der Waals surface area contributed by atoms with E-state index >= 15 is 0 Å². The number of aromatic nitrogens is 2. The molecule has 1 N–H and O–H groups in total. The molecule has 0 spiro atoms. The summed E-state index contributed by atoms with van der Waals surface area (Å²) in [6.45, 7) is 6.68. The topological polar surface area (TPSA) is 28.7 Å². The van der Waals surface area contributed by atoms with Crippen molar-refractivity contribution in [3.05, 3.63) is 76.2 Å². The minimum atomic E-state index is 0.172. The molecule has 0 aliphatic heterocycles. The maximum atomic E-state index is 4.44. The van der Waals surface area contributed by atoms with Gasteiger partial charge in [0.05, 0.1) is 11.9 Å². The number of hydrogen-bond acceptors (Lipinski definition) is 1. The van der Waals surface area contributed by atoms with E-state index in [0.29, 0.717) is 0 Å². The van der Waals surface area contributed by atoms with Gasteiger partial charge in [-0.2, -0.15) is 0 Å². The van der Waals surface area contributed by atoms with Crippen LogP contribution in [0, 0.1) is 0 Å². The molecule has 0 saturated heterocycles. The van der Waals surface area contributed by atoms with E-state index in [2.05, 4.69) is 89.1 Å². The maximum Gasteiger partial charge on any atom is 0.130 e. The van der Waals surface area contributed by atoms with Crippen molar-refractivity contribution in [2.24, 2.45) is 0 Å². The highest BCUT2D eigenvalue weighted by Gasteiger charge is 2.13. The first kappa shape index (κ1) is 16.7. The number of benzene rings is 2. The summed E-state index contributed by atoms with van der Waals surface area (Å²) in [6, 6.07) is 16.9. The zero-order valence-electron chi connectivity index (χ0n) is 14.2. The second-order valence-corrected chi connectivity index (χ2v) is 7.81. The standard InChI is InChI=1S/C21H21BrN2/c1-21(2,3)17-9-7-16(8-10-17)19-14-23-20(24-19)13-6-15-4-11-18(22)12-5-15/h4-14H,1-3H3,(H,23,24)/b13-6+. The lowest BCUT2D eigenvalue weighted by Gasteiger charge is -2.18. The molecule has 0 aliphatic rings. The highest BCUT2D eigenvalue weighted by atomic mass is 79.9. The van der Waals surface area contributed by atoms with Crippen molar-refractivity contribution in [1.29, 1.82) is 0 Å². The molecule has 122 valence electrons. The fourth-order valence-corrected chi connectivity index (χ4v) is 2.73. The molecule has 3 heteroatoms. The Balaban J connectivity index is 1.76. The van der Waals surface area contributed by atoms with Crippen LogP contribution in [0.5, 0.6) is 0 Å². The van der Waals surface area contributed by atoms with Gasteiger partial charge in [-0.05, 0) is 40.3 Å². The molecular weight excluding hydrogens is 360 g/mol. The second kappa shape index (κ2) is 6.78. The lowest BCUT2D eigenvalue weighted by molar-refractivity contribution is 0.590. The van der Waals surface area contributed by atoms with Gasteiger partial charge in [0.2, 0.25) is 0 Å². The van der Waals surface area contributed by atoms with Gasteiger partial charge in [0.1, 0.15) is 5.82 Å². The minimum Gasteiger partial charge on any atom is -0.338 e. The number of aromatic amines is 1. The van der Waals surface area contributed by atoms with E-state index in [0.717, 1.165) is 27.1 Å². The Morgan fingerprint density at radius 3 is 2.21 bits per heavy atom. The molecule has 0 amide bonds. The minimum absolute atomic E-state index is 0.172. The second-order valence-electron chi connectivity index (χ2n) is 6.89. The summed E-state index contributed by atoms with van der Waals surface area (Å²) < 4.78 is 1.08. The predicted octanol–water partition coefficient (Wildman–Crippen LogP) is 6.31. The van der Waals surface area contributed by atoms with Crippen LogP contribution in [-0.4, -0.2) is 9.97 Å². The van der Waals surface area contributed by atoms with E-state index in [1.165, 1.54) is 5.56 Å². The molecule has 1 heterocycles. The van der Waals surface area contributed by atoms with Crippen molar-refractivity contribution < 1.29 is 0 Å². The summed E-state index contributed by atoms with van der Waals surface area (Å²) in [6.07, 6.45) is 5.93. The van der Waals surface area contributed by atoms with E-state index in [1.807, 2.05) is 24.4 Å². The van der Waals surface area contributed by atoms with Crippen LogP contribution >= 0.6 is 15.9 Å². The number of nitrogens with one attached hydrogen (secondary N) is 1. The number of imidazole rings is 1. The van der Waals surface area contributed by atoms with E-state index in [1.54, 1.807) is 0 Å². The average molecular weight is 381 g/mol. The summed E-state index contributed by atoms with van der Waals surface area (Å²) in [5.41, 5.74) is 4.84. The molecule has 3 aromatic rings. The smallest absolute Gasteiger partial charge is 0.130 e. The van der Waals surface area contributed by atoms with Crippen molar-refractivity contribution in [2.45, 2.75) is 26.2 Å². The molecule has 0 unspecified atom stereocenters. The van der Waals surface area contributed by atoms with E-state index < -0.39 is 0 Å². The molecule has 0 fully saturated rings. The molecule has 1 aromatic heterocycles. The Morgan fingerprint density at radius 2 is 1.58 bits per heavy atom. The quantitative estimate of drug-likeness (QED) is 0.566. The number of halogens is 1. The number of rotatable bonds is 3. The molecule has 0 atom stereocenters. The van der Waals surface area contributed by atoms with Crippen LogP contribution in [0.3, 0.4) is 0 Å². The fraction of sp³-hybridized carbons (Fsp3) is 0.190. The fourth-order valence-electron chi connectivity index (χ4n) is 2.47. The molecule has 2 aromatic carbocycles. The first-order valence-corrected chi connectivity index (χ1v) is 8.81. The van der Waals surface area contributed by atoms with Crippen LogP contribution in [0.4, 0.5) is 0 Å². The normalized spacial score (nSPS) is 12.0. The van der Waals surface area contributed by atoms with Gasteiger partial charge < -0.3 is 4.98 Å². The van der Waals surface area contributed by atoms with E-state index in [-0.39, 0.29) is 5.41 Å². The summed E-state index contributed by atoms with van der Waals surface area (Å²) in [4.78, 5) is 7.81. The predicted molar refractivity (Wildman–Crippen MR) is 106 cm³/mol. The van der Waals surface area contributed by atoms with Crippen LogP contribution in [-0.2, 0) is 5.41 Å². The summed E-state index contributed by atoms with van der Waals surface area (Å²) in [5.74, 6) is 0.854. The zero-order chi connectivity index (χ0) is 17.2. The van der Waals surface area contributed by atoms with Crippen LogP contribution in [0.25, 0.3) is 23.4 Å². The van der Waals surface area contributed by atoms with Crippen molar-refractivity contribution >= 4 is 28.1 Å². The summed E-state index contributed by atoms with van der Waals surface area (Å²) >= 11 is 3.45. The van der Waals surface area contributed by atoms with Gasteiger partial charge in [0, 0.05) is 4.47 Å². The largest absolute Gasteiger partial charge is 0.338 e. The van der Waals surface area contributed by atoms with Gasteiger partial charge in [-0.3, -0.25) is 0 Å². The Labute approximate surface area is 151 Å². The molecule has 2 nitrogen and oxygen atoms in total. The number of nitrogens with zero attached hydrogens (tertiary/aromatic N) is 1. The first-order valence-electron chi connectivity index (χ1n) is 8.01. The molecule has 0 aliphatic carbocycles. The van der Waals surface area contributed by atoms with Crippen molar-refractivity contribution in [3.63, 3.8) is 0 Å². The van der Waals surface area contributed by atoms with Crippen LogP contribution < -0.4 is 0 Å². The first-order chi connectivity index (χ1) is 11.4. The van der Waals surface area contributed by atoms with Gasteiger partial charge in [-0.25, -0.2) is 4.98 Å². The van der Waals surface area contributed by atoms with Gasteiger partial charge in [-0.15, -0.1) is 0 Å². The third-order valence-electron chi connectivity index (χ3n) is 3.96. The lowest BCUT2D eigenvalue weighted by Crippen LogP contribution is -2.10. The molecule has 24 heavy (non-hydrogen) atoms. The Kier molecular flexibility index (Phi) is 4.72. The average Bonchev–Trinajstić information content (AvgIpc) is 3.03. The monoisotopic (exact) mass is 380 g/mol. The summed E-state index contributed by atoms with van der Waals surface area (Å²) in [5, 5.41) is 0. The molecule has 0 radical (unpaired) electrons. The van der Waals surface area contributed by atoms with E-state index in [9.17, 15) is 0 Å². The Bertz CT molecular complexity index is 835. The van der Waals surface area contributed by atoms with Crippen molar-refractivity contribution in [1.82, 2.24) is 9.97 Å². The Hall–Kier alpha value is -2.13. The van der Waals surface area contributed by atoms with Gasteiger partial charge in [0.25, 0.3) is 0 Å². The number of H-pyrrole nitrogens is 1. The van der Waals surface area contributed by atoms with Gasteiger partial charge in [0.15, 0.2) is 0 Å². The maximum absolute atomic E-state index is 4.44.